The van der Waals surface area contributed by atoms with E-state index >= 15 is 0 Å². The summed E-state index contributed by atoms with van der Waals surface area (Å²) < 4.78 is 4.90. The predicted molar refractivity (Wildman–Crippen MR) is 184 cm³/mol. The van der Waals surface area contributed by atoms with E-state index in [1.54, 1.807) is 29.8 Å². The highest BCUT2D eigenvalue weighted by Crippen LogP contribution is 2.27. The number of piperidine rings is 1. The maximum Gasteiger partial charge on any atom is 0.328 e. The van der Waals surface area contributed by atoms with Gasteiger partial charge in [0, 0.05) is 25.2 Å². The highest BCUT2D eigenvalue weighted by Gasteiger charge is 2.41. The van der Waals surface area contributed by atoms with E-state index < -0.39 is 35.6 Å². The average molecular weight is 662 g/mol. The SMILES string of the molecule is COC(=O)[C@H](CC(C)C)NC(=O)[C@@H]1CCCN1C(=O)C(C)=C[C@H](C(C)C)N(C)C(=O)[C@@H](NC(=O)[C@H]1CCCCN1C(C)C)C(C)(C)C. The Morgan fingerprint density at radius 2 is 1.49 bits per heavy atom. The van der Waals surface area contributed by atoms with Crippen LogP contribution in [-0.2, 0) is 28.7 Å². The molecule has 47 heavy (non-hydrogen) atoms. The van der Waals surface area contributed by atoms with Crippen molar-refractivity contribution in [3.8, 4) is 0 Å². The number of carbonyl (C=O) groups excluding carboxylic acids is 5. The van der Waals surface area contributed by atoms with Crippen LogP contribution in [0.2, 0.25) is 0 Å². The lowest BCUT2D eigenvalue weighted by atomic mass is 9.84. The first-order chi connectivity index (χ1) is 21.8. The third-order valence-electron chi connectivity index (χ3n) is 9.47. The molecule has 2 aliphatic rings. The van der Waals surface area contributed by atoms with Gasteiger partial charge in [0.2, 0.25) is 23.6 Å². The summed E-state index contributed by atoms with van der Waals surface area (Å²) >= 11 is 0. The first kappa shape index (κ1) is 40.2. The molecule has 0 aliphatic carbocycles. The fraction of sp³-hybridized carbons (Fsp3) is 0.806. The van der Waals surface area contributed by atoms with Gasteiger partial charge in [-0.3, -0.25) is 24.1 Å². The lowest BCUT2D eigenvalue weighted by molar-refractivity contribution is -0.146. The molecule has 0 spiro atoms. The molecule has 2 N–H and O–H groups in total. The third-order valence-corrected chi connectivity index (χ3v) is 9.47. The van der Waals surface area contributed by atoms with Crippen molar-refractivity contribution in [2.45, 2.75) is 144 Å². The zero-order valence-corrected chi connectivity index (χ0v) is 31.1. The number of hydrogen-bond donors (Lipinski definition) is 2. The molecule has 0 bridgehead atoms. The van der Waals surface area contributed by atoms with Crippen LogP contribution in [0.4, 0.5) is 0 Å². The Labute approximate surface area is 283 Å². The number of esters is 1. The third kappa shape index (κ3) is 10.8. The summed E-state index contributed by atoms with van der Waals surface area (Å²) in [4.78, 5) is 72.7. The monoisotopic (exact) mass is 661 g/mol. The number of hydrogen-bond acceptors (Lipinski definition) is 7. The van der Waals surface area contributed by atoms with Crippen molar-refractivity contribution in [2.24, 2.45) is 17.3 Å². The summed E-state index contributed by atoms with van der Waals surface area (Å²) in [5.41, 5.74) is -0.122. The van der Waals surface area contributed by atoms with Crippen LogP contribution in [0.15, 0.2) is 11.6 Å². The van der Waals surface area contributed by atoms with E-state index in [4.69, 9.17) is 4.74 Å². The summed E-state index contributed by atoms with van der Waals surface area (Å²) in [5.74, 6) is -1.37. The van der Waals surface area contributed by atoms with Crippen molar-refractivity contribution in [3.63, 3.8) is 0 Å². The second kappa shape index (κ2) is 17.4. The number of methoxy groups -OCH3 is 1. The lowest BCUT2D eigenvalue weighted by Gasteiger charge is -2.41. The smallest absolute Gasteiger partial charge is 0.328 e. The van der Waals surface area contributed by atoms with Crippen LogP contribution in [0.3, 0.4) is 0 Å². The average Bonchev–Trinajstić information content (AvgIpc) is 3.49. The molecule has 2 fully saturated rings. The maximum atomic E-state index is 14.2. The predicted octanol–water partition coefficient (Wildman–Crippen LogP) is 3.90. The van der Waals surface area contributed by atoms with Gasteiger partial charge in [0.25, 0.3) is 0 Å². The van der Waals surface area contributed by atoms with Crippen LogP contribution in [0.5, 0.6) is 0 Å². The van der Waals surface area contributed by atoms with E-state index in [0.717, 1.165) is 25.8 Å². The van der Waals surface area contributed by atoms with E-state index in [2.05, 4.69) is 29.4 Å². The number of nitrogens with zero attached hydrogens (tertiary/aromatic N) is 3. The largest absolute Gasteiger partial charge is 0.467 e. The fourth-order valence-corrected chi connectivity index (χ4v) is 6.77. The topological polar surface area (TPSA) is 128 Å². The number of nitrogens with one attached hydrogen (secondary N) is 2. The standard InChI is InChI=1S/C36H63N5O6/c1-22(2)20-26(35(46)47-12)37-31(42)28-17-15-19-41(28)33(44)25(7)21-29(23(3)4)39(11)34(45)30(36(8,9)10)38-32(43)27-16-13-14-18-40(27)24(5)6/h21-24,26-30H,13-20H2,1-12H3,(H,37,42)(H,38,43)/t26-,27+,28-,29+,30+/m0/s1. The summed E-state index contributed by atoms with van der Waals surface area (Å²) in [5, 5.41) is 5.93. The Morgan fingerprint density at radius 3 is 2.02 bits per heavy atom. The zero-order chi connectivity index (χ0) is 35.8. The fourth-order valence-electron chi connectivity index (χ4n) is 6.77. The molecule has 2 aliphatic heterocycles. The molecule has 0 aromatic carbocycles. The van der Waals surface area contributed by atoms with Crippen LogP contribution >= 0.6 is 0 Å². The van der Waals surface area contributed by atoms with Crippen molar-refractivity contribution in [1.82, 2.24) is 25.3 Å². The number of likely N-dealkylation sites (tertiary alicyclic amines) is 2. The quantitative estimate of drug-likeness (QED) is 0.226. The molecule has 0 aromatic rings. The molecule has 4 amide bonds. The first-order valence-electron chi connectivity index (χ1n) is 17.5. The molecule has 0 radical (unpaired) electrons. The van der Waals surface area contributed by atoms with Gasteiger partial charge in [-0.05, 0) is 76.7 Å². The van der Waals surface area contributed by atoms with Gasteiger partial charge in [0.05, 0.1) is 19.2 Å². The van der Waals surface area contributed by atoms with Gasteiger partial charge in [0.15, 0.2) is 0 Å². The minimum Gasteiger partial charge on any atom is -0.467 e. The van der Waals surface area contributed by atoms with E-state index in [-0.39, 0.29) is 47.5 Å². The van der Waals surface area contributed by atoms with Crippen molar-refractivity contribution in [2.75, 3.05) is 27.2 Å². The second-order valence-corrected chi connectivity index (χ2v) is 15.6. The zero-order valence-electron chi connectivity index (χ0n) is 31.1. The Hall–Kier alpha value is -2.95. The van der Waals surface area contributed by atoms with Gasteiger partial charge in [-0.2, -0.15) is 0 Å². The van der Waals surface area contributed by atoms with E-state index in [0.29, 0.717) is 31.4 Å². The van der Waals surface area contributed by atoms with Gasteiger partial charge in [0.1, 0.15) is 18.1 Å². The molecular weight excluding hydrogens is 598 g/mol. The molecular formula is C36H63N5O6. The van der Waals surface area contributed by atoms with Gasteiger partial charge >= 0.3 is 5.97 Å². The van der Waals surface area contributed by atoms with Gasteiger partial charge < -0.3 is 25.2 Å². The van der Waals surface area contributed by atoms with E-state index in [1.165, 1.54) is 7.11 Å². The molecule has 0 aromatic heterocycles. The molecule has 5 atom stereocenters. The Kier molecular flexibility index (Phi) is 14.9. The highest BCUT2D eigenvalue weighted by atomic mass is 16.5. The highest BCUT2D eigenvalue weighted by molar-refractivity contribution is 5.98. The van der Waals surface area contributed by atoms with Crippen LogP contribution in [-0.4, -0.2) is 108 Å². The second-order valence-electron chi connectivity index (χ2n) is 15.6. The van der Waals surface area contributed by atoms with Gasteiger partial charge in [-0.1, -0.05) is 61.0 Å². The molecule has 0 unspecified atom stereocenters. The van der Waals surface area contributed by atoms with Crippen LogP contribution in [0.25, 0.3) is 0 Å². The molecule has 11 nitrogen and oxygen atoms in total. The van der Waals surface area contributed by atoms with Crippen molar-refractivity contribution in [3.05, 3.63) is 11.6 Å². The number of amides is 4. The summed E-state index contributed by atoms with van der Waals surface area (Å²) in [6.07, 6.45) is 6.19. The normalized spacial score (nSPS) is 21.4. The van der Waals surface area contributed by atoms with Crippen molar-refractivity contribution >= 4 is 29.6 Å². The molecule has 2 saturated heterocycles. The van der Waals surface area contributed by atoms with Crippen molar-refractivity contribution < 1.29 is 28.7 Å². The first-order valence-corrected chi connectivity index (χ1v) is 17.5. The Bertz CT molecular complexity index is 1140. The molecule has 0 saturated carbocycles. The minimum absolute atomic E-state index is 0.0349. The van der Waals surface area contributed by atoms with Crippen LogP contribution < -0.4 is 10.6 Å². The Morgan fingerprint density at radius 1 is 0.894 bits per heavy atom. The van der Waals surface area contributed by atoms with Crippen LogP contribution in [0.1, 0.15) is 108 Å². The summed E-state index contributed by atoms with van der Waals surface area (Å²) in [7, 11) is 3.02. The number of likely N-dealkylation sites (N-methyl/N-ethyl adjacent to an activating group) is 1. The maximum absolute atomic E-state index is 14.2. The van der Waals surface area contributed by atoms with E-state index in [1.807, 2.05) is 48.5 Å². The molecule has 268 valence electrons. The molecule has 11 heteroatoms. The minimum atomic E-state index is -0.783. The number of ether oxygens (including phenoxy) is 1. The van der Waals surface area contributed by atoms with Gasteiger partial charge in [-0.25, -0.2) is 4.79 Å². The molecule has 2 rings (SSSR count). The number of rotatable bonds is 13. The lowest BCUT2D eigenvalue weighted by Crippen LogP contribution is -2.60. The number of carbonyl (C=O) groups is 5. The Balaban J connectivity index is 2.27. The molecule has 2 heterocycles. The van der Waals surface area contributed by atoms with Crippen molar-refractivity contribution in [1.29, 1.82) is 0 Å². The summed E-state index contributed by atoms with van der Waals surface area (Å²) in [6, 6.07) is -2.72. The summed E-state index contributed by atoms with van der Waals surface area (Å²) in [6.45, 7) is 20.9. The van der Waals surface area contributed by atoms with Gasteiger partial charge in [-0.15, -0.1) is 0 Å². The van der Waals surface area contributed by atoms with E-state index in [9.17, 15) is 24.0 Å². The van der Waals surface area contributed by atoms with Crippen LogP contribution in [0, 0.1) is 17.3 Å².